The van der Waals surface area contributed by atoms with Crippen LogP contribution in [0, 0.1) is 6.92 Å². The molecule has 0 saturated carbocycles. The summed E-state index contributed by atoms with van der Waals surface area (Å²) in [6.45, 7) is 1.82. The highest BCUT2D eigenvalue weighted by Gasteiger charge is 2.34. The molecule has 1 aromatic heterocycles. The quantitative estimate of drug-likeness (QED) is 0.404. The van der Waals surface area contributed by atoms with Crippen molar-refractivity contribution in [3.05, 3.63) is 83.7 Å². The summed E-state index contributed by atoms with van der Waals surface area (Å²) >= 11 is 0. The molecular weight excluding hydrogens is 441 g/mol. The second-order valence-electron chi connectivity index (χ2n) is 7.37. The maximum atomic E-state index is 13.3. The van der Waals surface area contributed by atoms with Crippen LogP contribution in [0.25, 0.3) is 16.7 Å². The van der Waals surface area contributed by atoms with Gasteiger partial charge in [-0.1, -0.05) is 18.2 Å². The number of hydrogen-bond donors (Lipinski definition) is 0. The Morgan fingerprint density at radius 2 is 1.69 bits per heavy atom. The molecule has 4 aromatic rings. The van der Waals surface area contributed by atoms with Gasteiger partial charge >= 0.3 is 6.18 Å². The van der Waals surface area contributed by atoms with Crippen LogP contribution in [0.3, 0.4) is 0 Å². The van der Waals surface area contributed by atoms with Crippen molar-refractivity contribution in [1.82, 2.24) is 9.55 Å². The smallest absolute Gasteiger partial charge is 0.418 e. The molecule has 0 amide bonds. The zero-order valence-electron chi connectivity index (χ0n) is 17.2. The van der Waals surface area contributed by atoms with Crippen LogP contribution >= 0.6 is 0 Å². The van der Waals surface area contributed by atoms with Gasteiger partial charge in [-0.05, 0) is 61.0 Å². The van der Waals surface area contributed by atoms with Crippen LogP contribution in [0.2, 0.25) is 0 Å². The van der Waals surface area contributed by atoms with E-state index in [2.05, 4.69) is 4.98 Å². The molecule has 3 aromatic carbocycles. The average molecular weight is 460 g/mol. The number of hydrogen-bond acceptors (Lipinski definition) is 4. The van der Waals surface area contributed by atoms with Crippen molar-refractivity contribution < 1.29 is 26.3 Å². The molecule has 4 rings (SSSR count). The number of rotatable bonds is 5. The molecule has 0 aliphatic rings. The number of fused-ring (bicyclic) bond motifs is 1. The van der Waals surface area contributed by atoms with Gasteiger partial charge < -0.3 is 4.74 Å². The summed E-state index contributed by atoms with van der Waals surface area (Å²) in [4.78, 5) is 4.36. The predicted octanol–water partition coefficient (Wildman–Crippen LogP) is 5.34. The summed E-state index contributed by atoms with van der Waals surface area (Å²) in [6, 6.07) is 17.4. The maximum absolute atomic E-state index is 13.3. The number of aryl methyl sites for hydroxylation is 1. The van der Waals surface area contributed by atoms with Gasteiger partial charge in [-0.2, -0.15) is 13.2 Å². The van der Waals surface area contributed by atoms with Crippen LogP contribution < -0.4 is 4.74 Å². The van der Waals surface area contributed by atoms with Gasteiger partial charge in [-0.15, -0.1) is 0 Å². The van der Waals surface area contributed by atoms with Gasteiger partial charge in [-0.3, -0.25) is 4.57 Å². The van der Waals surface area contributed by atoms with Crippen molar-refractivity contribution in [2.45, 2.75) is 24.6 Å². The van der Waals surface area contributed by atoms with E-state index in [1.165, 1.54) is 12.1 Å². The van der Waals surface area contributed by atoms with E-state index in [-0.39, 0.29) is 17.0 Å². The van der Waals surface area contributed by atoms with E-state index in [4.69, 9.17) is 4.74 Å². The lowest BCUT2D eigenvalue weighted by atomic mass is 10.1. The molecule has 0 spiro atoms. The predicted molar refractivity (Wildman–Crippen MR) is 115 cm³/mol. The zero-order chi connectivity index (χ0) is 23.1. The highest BCUT2D eigenvalue weighted by molar-refractivity contribution is 7.90. The van der Waals surface area contributed by atoms with Gasteiger partial charge in [0.2, 0.25) is 0 Å². The van der Waals surface area contributed by atoms with Gasteiger partial charge in [-0.25, -0.2) is 13.4 Å². The highest BCUT2D eigenvalue weighted by Crippen LogP contribution is 2.35. The van der Waals surface area contributed by atoms with E-state index in [9.17, 15) is 21.6 Å². The normalized spacial score (nSPS) is 12.3. The van der Waals surface area contributed by atoms with Crippen LogP contribution in [0.5, 0.6) is 5.75 Å². The molecule has 0 radical (unpaired) electrons. The first kappa shape index (κ1) is 21.9. The first-order valence-corrected chi connectivity index (χ1v) is 11.5. The average Bonchev–Trinajstić information content (AvgIpc) is 3.07. The topological polar surface area (TPSA) is 61.2 Å². The van der Waals surface area contributed by atoms with Gasteiger partial charge in [0, 0.05) is 11.9 Å². The van der Waals surface area contributed by atoms with Gasteiger partial charge in [0.25, 0.3) is 0 Å². The van der Waals surface area contributed by atoms with Crippen LogP contribution in [0.4, 0.5) is 13.2 Å². The van der Waals surface area contributed by atoms with Gasteiger partial charge in [0.05, 0.1) is 16.0 Å². The third-order valence-electron chi connectivity index (χ3n) is 4.99. The Kier molecular flexibility index (Phi) is 5.46. The molecule has 0 N–H and O–H groups in total. The molecule has 5 nitrogen and oxygen atoms in total. The number of sulfone groups is 1. The van der Waals surface area contributed by atoms with E-state index in [1.54, 1.807) is 60.0 Å². The molecule has 0 unspecified atom stereocenters. The minimum atomic E-state index is -4.49. The fraction of sp³-hybridized carbons (Fsp3) is 0.174. The number of benzene rings is 3. The molecular formula is C23H19F3N2O3S. The van der Waals surface area contributed by atoms with Crippen LogP contribution in [-0.4, -0.2) is 24.2 Å². The fourth-order valence-corrected chi connectivity index (χ4v) is 4.19. The number of imidazole rings is 1. The molecule has 0 aliphatic carbocycles. The minimum Gasteiger partial charge on any atom is -0.489 e. The molecule has 0 aliphatic heterocycles. The lowest BCUT2D eigenvalue weighted by molar-refractivity contribution is -0.136. The Morgan fingerprint density at radius 3 is 2.34 bits per heavy atom. The van der Waals surface area contributed by atoms with Crippen LogP contribution in [0.1, 0.15) is 17.0 Å². The summed E-state index contributed by atoms with van der Waals surface area (Å²) in [5.74, 6) is 0.972. The second-order valence-corrected chi connectivity index (χ2v) is 9.38. The fourth-order valence-electron chi connectivity index (χ4n) is 3.49. The van der Waals surface area contributed by atoms with E-state index in [0.717, 1.165) is 12.3 Å². The summed E-state index contributed by atoms with van der Waals surface area (Å²) in [6.07, 6.45) is -3.34. The summed E-state index contributed by atoms with van der Waals surface area (Å²) in [7, 11) is -3.31. The van der Waals surface area contributed by atoms with Gasteiger partial charge in [0.1, 0.15) is 23.7 Å². The first-order valence-electron chi connectivity index (χ1n) is 9.61. The summed E-state index contributed by atoms with van der Waals surface area (Å²) < 4.78 is 70.8. The minimum absolute atomic E-state index is 0.0939. The molecule has 9 heteroatoms. The number of nitrogens with zero attached hydrogens (tertiary/aromatic N) is 2. The molecule has 0 fully saturated rings. The number of para-hydroxylation sites is 1. The molecule has 166 valence electrons. The standard InChI is InChI=1S/C23H19F3N2O3S/c1-15-27-22-20(23(24,25)26)7-4-8-21(22)28(15)17-9-11-18(12-10-17)31-14-16-5-3-6-19(13-16)32(2,29)30/h3-13H,14H2,1-2H3. The molecule has 32 heavy (non-hydrogen) atoms. The van der Waals surface area contributed by atoms with Crippen molar-refractivity contribution in [2.24, 2.45) is 0 Å². The highest BCUT2D eigenvalue weighted by atomic mass is 32.2. The lowest BCUT2D eigenvalue weighted by Crippen LogP contribution is -2.05. The summed E-state index contributed by atoms with van der Waals surface area (Å²) in [5.41, 5.74) is 0.851. The maximum Gasteiger partial charge on any atom is 0.418 e. The van der Waals surface area contributed by atoms with Crippen molar-refractivity contribution in [1.29, 1.82) is 0 Å². The van der Waals surface area contributed by atoms with Crippen molar-refractivity contribution >= 4 is 20.9 Å². The Balaban J connectivity index is 1.59. The van der Waals surface area contributed by atoms with Crippen LogP contribution in [-0.2, 0) is 22.6 Å². The number of halogens is 3. The Labute approximate surface area is 183 Å². The van der Waals surface area contributed by atoms with Crippen molar-refractivity contribution in [3.8, 4) is 11.4 Å². The number of alkyl halides is 3. The Bertz CT molecular complexity index is 1390. The summed E-state index contributed by atoms with van der Waals surface area (Å²) in [5, 5.41) is 0. The first-order chi connectivity index (χ1) is 15.0. The molecule has 0 atom stereocenters. The van der Waals surface area contributed by atoms with Crippen molar-refractivity contribution in [3.63, 3.8) is 0 Å². The third kappa shape index (κ3) is 4.34. The Morgan fingerprint density at radius 1 is 1.00 bits per heavy atom. The van der Waals surface area contributed by atoms with E-state index in [1.807, 2.05) is 0 Å². The lowest BCUT2D eigenvalue weighted by Gasteiger charge is -2.11. The molecule has 1 heterocycles. The number of ether oxygens (including phenoxy) is 1. The van der Waals surface area contributed by atoms with Crippen LogP contribution in [0.15, 0.2) is 71.6 Å². The van der Waals surface area contributed by atoms with Gasteiger partial charge in [0.15, 0.2) is 9.84 Å². The van der Waals surface area contributed by atoms with E-state index >= 15 is 0 Å². The van der Waals surface area contributed by atoms with E-state index < -0.39 is 21.6 Å². The largest absolute Gasteiger partial charge is 0.489 e. The second kappa shape index (κ2) is 7.98. The van der Waals surface area contributed by atoms with Crippen molar-refractivity contribution in [2.75, 3.05) is 6.26 Å². The monoisotopic (exact) mass is 460 g/mol. The Hall–Kier alpha value is -3.33. The zero-order valence-corrected chi connectivity index (χ0v) is 18.0. The van der Waals surface area contributed by atoms with E-state index in [0.29, 0.717) is 28.3 Å². The third-order valence-corrected chi connectivity index (χ3v) is 6.10. The number of aromatic nitrogens is 2. The molecule has 0 bridgehead atoms. The molecule has 0 saturated heterocycles. The SMILES string of the molecule is Cc1nc2c(C(F)(F)F)cccc2n1-c1ccc(OCc2cccc(S(C)(=O)=O)c2)cc1.